The molecule has 0 fully saturated rings. The Morgan fingerprint density at radius 2 is 1.79 bits per heavy atom. The van der Waals surface area contributed by atoms with Crippen molar-refractivity contribution in [2.24, 2.45) is 14.1 Å². The summed E-state index contributed by atoms with van der Waals surface area (Å²) in [5.41, 5.74) is 1.01. The summed E-state index contributed by atoms with van der Waals surface area (Å²) in [6, 6.07) is 9.56. The number of nitrogens with one attached hydrogen (secondary N) is 1. The average Bonchev–Trinajstić information content (AvgIpc) is 3.15. The van der Waals surface area contributed by atoms with E-state index in [1.165, 1.54) is 35.8 Å². The van der Waals surface area contributed by atoms with Gasteiger partial charge in [-0.3, -0.25) is 23.7 Å². The summed E-state index contributed by atoms with van der Waals surface area (Å²) >= 11 is 0. The second kappa shape index (κ2) is 7.15. The van der Waals surface area contributed by atoms with Gasteiger partial charge in [0.15, 0.2) is 17.0 Å². The second-order valence-corrected chi connectivity index (χ2v) is 6.45. The quantitative estimate of drug-likeness (QED) is 0.547. The molecule has 10 heteroatoms. The van der Waals surface area contributed by atoms with Gasteiger partial charge in [-0.2, -0.15) is 0 Å². The Hall–Kier alpha value is -4.08. The smallest absolute Gasteiger partial charge is 0.315 e. The Labute approximate surface area is 165 Å². The fraction of sp³-hybridized carbons (Fsp3) is 0.158. The lowest BCUT2D eigenvalue weighted by Gasteiger charge is -2.08. The molecule has 1 aromatic carbocycles. The molecule has 148 valence electrons. The van der Waals surface area contributed by atoms with Crippen molar-refractivity contribution in [2.75, 3.05) is 5.32 Å². The minimum absolute atomic E-state index is 0. The van der Waals surface area contributed by atoms with E-state index in [0.717, 1.165) is 10.1 Å². The highest BCUT2D eigenvalue weighted by Gasteiger charge is 2.16. The fourth-order valence-electron chi connectivity index (χ4n) is 3.00. The number of amides is 1. The highest BCUT2D eigenvalue weighted by molar-refractivity contribution is 5.90. The van der Waals surface area contributed by atoms with Gasteiger partial charge in [0.2, 0.25) is 5.91 Å². The molecule has 10 nitrogen and oxygen atoms in total. The summed E-state index contributed by atoms with van der Waals surface area (Å²) < 4.78 is 3.64. The number of aromatic nitrogens is 6. The highest BCUT2D eigenvalue weighted by atomic mass is 16.2. The van der Waals surface area contributed by atoms with Crippen LogP contribution in [0.2, 0.25) is 0 Å². The van der Waals surface area contributed by atoms with E-state index in [4.69, 9.17) is 0 Å². The third kappa shape index (κ3) is 3.31. The van der Waals surface area contributed by atoms with Crippen LogP contribution in [-0.4, -0.2) is 34.6 Å². The van der Waals surface area contributed by atoms with Crippen molar-refractivity contribution in [3.63, 3.8) is 0 Å². The predicted octanol–water partition coefficient (Wildman–Crippen LogP) is 0.775. The first-order valence-electron chi connectivity index (χ1n) is 8.74. The van der Waals surface area contributed by atoms with Gasteiger partial charge in [-0.25, -0.2) is 14.8 Å². The van der Waals surface area contributed by atoms with Gasteiger partial charge in [-0.1, -0.05) is 30.3 Å². The van der Waals surface area contributed by atoms with Gasteiger partial charge in [0.05, 0.1) is 24.4 Å². The zero-order valence-electron chi connectivity index (χ0n) is 15.7. The van der Waals surface area contributed by atoms with Gasteiger partial charge in [-0.05, 0) is 0 Å². The third-order valence-corrected chi connectivity index (χ3v) is 4.52. The number of benzene rings is 1. The van der Waals surface area contributed by atoms with Gasteiger partial charge >= 0.3 is 5.69 Å². The number of imidazole rings is 1. The normalized spacial score (nSPS) is 11.0. The molecule has 3 heterocycles. The number of hydrogen-bond acceptors (Lipinski definition) is 6. The van der Waals surface area contributed by atoms with Crippen LogP contribution >= 0.6 is 0 Å². The van der Waals surface area contributed by atoms with Crippen molar-refractivity contribution in [1.29, 1.82) is 0 Å². The maximum Gasteiger partial charge on any atom is 0.332 e. The molecule has 1 N–H and O–H groups in total. The Morgan fingerprint density at radius 3 is 2.48 bits per heavy atom. The van der Waals surface area contributed by atoms with Crippen molar-refractivity contribution >= 4 is 22.9 Å². The van der Waals surface area contributed by atoms with Gasteiger partial charge < -0.3 is 9.88 Å². The number of fused-ring (bicyclic) bond motifs is 1. The summed E-state index contributed by atoms with van der Waals surface area (Å²) in [5, 5.41) is 2.65. The lowest BCUT2D eigenvalue weighted by atomic mass is 10.2. The maximum absolute atomic E-state index is 12.4. The lowest BCUT2D eigenvalue weighted by molar-refractivity contribution is -0.116. The van der Waals surface area contributed by atoms with E-state index >= 15 is 0 Å². The molecule has 4 aromatic rings. The molecule has 0 spiro atoms. The minimum atomic E-state index is -0.514. The Kier molecular flexibility index (Phi) is 4.51. The van der Waals surface area contributed by atoms with E-state index in [1.54, 1.807) is 6.20 Å². The molecule has 4 rings (SSSR count). The van der Waals surface area contributed by atoms with Crippen LogP contribution in [0.3, 0.4) is 0 Å². The van der Waals surface area contributed by atoms with Gasteiger partial charge in [0.25, 0.3) is 5.56 Å². The summed E-state index contributed by atoms with van der Waals surface area (Å²) in [4.78, 5) is 49.5. The van der Waals surface area contributed by atoms with E-state index in [2.05, 4.69) is 20.3 Å². The number of nitrogens with zero attached hydrogens (tertiary/aromatic N) is 6. The molecular formula is C19H19N7O3. The van der Waals surface area contributed by atoms with Gasteiger partial charge in [0, 0.05) is 21.1 Å². The summed E-state index contributed by atoms with van der Waals surface area (Å²) in [5.74, 6) is -0.110. The molecule has 0 saturated heterocycles. The van der Waals surface area contributed by atoms with Gasteiger partial charge in [-0.15, -0.1) is 0 Å². The van der Waals surface area contributed by atoms with Crippen LogP contribution in [0.5, 0.6) is 0 Å². The molecule has 0 aliphatic rings. The van der Waals surface area contributed by atoms with Gasteiger partial charge in [0.1, 0.15) is 6.54 Å². The van der Waals surface area contributed by atoms with Crippen LogP contribution in [0.1, 0.15) is 1.43 Å². The molecule has 0 aliphatic carbocycles. The Bertz CT molecular complexity index is 1320. The summed E-state index contributed by atoms with van der Waals surface area (Å²) in [7, 11) is 2.90. The van der Waals surface area contributed by atoms with E-state index in [1.807, 2.05) is 30.3 Å². The molecule has 0 atom stereocenters. The standard InChI is InChI=1S/C19H17N7O3.H2/c1-24-17-16(18(28)25(2)19(24)29)26(11-22-17)10-15(27)23-14-9-20-13(8-21-14)12-6-4-3-5-7-12;/h3-9,11H,10H2,1-2H3,(H,21,23,27);1H. The molecule has 0 aliphatic heterocycles. The fourth-order valence-corrected chi connectivity index (χ4v) is 3.00. The van der Waals surface area contributed by atoms with Crippen molar-refractivity contribution in [3.05, 3.63) is 69.9 Å². The van der Waals surface area contributed by atoms with E-state index in [9.17, 15) is 14.4 Å². The molecule has 0 bridgehead atoms. The molecule has 3 aromatic heterocycles. The largest absolute Gasteiger partial charge is 0.332 e. The minimum Gasteiger partial charge on any atom is -0.315 e. The van der Waals surface area contributed by atoms with Crippen molar-refractivity contribution in [3.8, 4) is 11.3 Å². The maximum atomic E-state index is 12.4. The van der Waals surface area contributed by atoms with Crippen LogP contribution in [0.25, 0.3) is 22.4 Å². The number of aryl methyl sites for hydroxylation is 1. The molecule has 0 unspecified atom stereocenters. The zero-order valence-corrected chi connectivity index (χ0v) is 15.7. The van der Waals surface area contributed by atoms with Crippen molar-refractivity contribution in [2.45, 2.75) is 6.54 Å². The van der Waals surface area contributed by atoms with Crippen LogP contribution in [0.4, 0.5) is 5.82 Å². The van der Waals surface area contributed by atoms with Crippen LogP contribution in [0, 0.1) is 0 Å². The molecule has 0 saturated carbocycles. The van der Waals surface area contributed by atoms with Crippen LogP contribution < -0.4 is 16.6 Å². The first-order valence-corrected chi connectivity index (χ1v) is 8.74. The monoisotopic (exact) mass is 393 g/mol. The first-order chi connectivity index (χ1) is 14.0. The number of anilines is 1. The Morgan fingerprint density at radius 1 is 1.03 bits per heavy atom. The summed E-state index contributed by atoms with van der Waals surface area (Å²) in [6.07, 6.45) is 4.40. The molecule has 29 heavy (non-hydrogen) atoms. The highest BCUT2D eigenvalue weighted by Crippen LogP contribution is 2.16. The SMILES string of the molecule is Cn1c(=O)c2c(ncn2CC(=O)Nc2cnc(-c3ccccc3)cn2)n(C)c1=O.[HH]. The van der Waals surface area contributed by atoms with Crippen molar-refractivity contribution in [1.82, 2.24) is 28.7 Å². The van der Waals surface area contributed by atoms with Crippen molar-refractivity contribution < 1.29 is 6.22 Å². The topological polar surface area (TPSA) is 117 Å². The molecule has 0 radical (unpaired) electrons. The van der Waals surface area contributed by atoms with E-state index in [0.29, 0.717) is 11.5 Å². The summed E-state index contributed by atoms with van der Waals surface area (Å²) in [6.45, 7) is -0.161. The second-order valence-electron chi connectivity index (χ2n) is 6.45. The predicted molar refractivity (Wildman–Crippen MR) is 108 cm³/mol. The molecular weight excluding hydrogens is 374 g/mol. The first kappa shape index (κ1) is 18.3. The number of rotatable bonds is 4. The third-order valence-electron chi connectivity index (χ3n) is 4.52. The number of carbonyl (C=O) groups excluding carboxylic acids is 1. The van der Waals surface area contributed by atoms with E-state index in [-0.39, 0.29) is 19.1 Å². The number of carbonyl (C=O) groups is 1. The average molecular weight is 393 g/mol. The molecule has 1 amide bonds. The Balaban J connectivity index is 0.00000256. The zero-order chi connectivity index (χ0) is 20.5. The van der Waals surface area contributed by atoms with Crippen LogP contribution in [0.15, 0.2) is 58.6 Å². The van der Waals surface area contributed by atoms with E-state index < -0.39 is 17.2 Å². The lowest BCUT2D eigenvalue weighted by Crippen LogP contribution is -2.37. The number of hydrogen-bond donors (Lipinski definition) is 1. The van der Waals surface area contributed by atoms with Crippen LogP contribution in [-0.2, 0) is 25.4 Å².